The molecular formula is C20H21FN6O2. The molecule has 0 radical (unpaired) electrons. The van der Waals surface area contributed by atoms with E-state index >= 15 is 0 Å². The molecule has 1 amide bonds. The van der Waals surface area contributed by atoms with Crippen molar-refractivity contribution in [2.75, 3.05) is 18.0 Å². The summed E-state index contributed by atoms with van der Waals surface area (Å²) in [5, 5.41) is 6.90. The summed E-state index contributed by atoms with van der Waals surface area (Å²) in [5.41, 5.74) is 0.838. The quantitative estimate of drug-likeness (QED) is 0.683. The Balaban J connectivity index is 1.28. The first kappa shape index (κ1) is 19.0. The van der Waals surface area contributed by atoms with Crippen LogP contribution in [0, 0.1) is 5.82 Å². The van der Waals surface area contributed by atoms with E-state index in [2.05, 4.69) is 30.3 Å². The molecular weight excluding hydrogens is 375 g/mol. The third-order valence-electron chi connectivity index (χ3n) is 4.76. The lowest BCUT2D eigenvalue weighted by Gasteiger charge is -2.34. The number of rotatable bonds is 6. The zero-order chi connectivity index (χ0) is 20.1. The van der Waals surface area contributed by atoms with Gasteiger partial charge >= 0.3 is 0 Å². The maximum absolute atomic E-state index is 13.5. The minimum atomic E-state index is -0.256. The molecule has 1 aliphatic rings. The Bertz CT molecular complexity index is 964. The molecule has 0 bridgehead atoms. The molecule has 0 spiro atoms. The summed E-state index contributed by atoms with van der Waals surface area (Å²) >= 11 is 0. The summed E-state index contributed by atoms with van der Waals surface area (Å²) < 4.78 is 18.7. The van der Waals surface area contributed by atoms with Crippen LogP contribution in [0.1, 0.15) is 25.2 Å². The minimum Gasteiger partial charge on any atom is -0.369 e. The van der Waals surface area contributed by atoms with Crippen LogP contribution in [0.5, 0.6) is 0 Å². The highest BCUT2D eigenvalue weighted by Gasteiger charge is 2.22. The van der Waals surface area contributed by atoms with E-state index in [0.717, 1.165) is 25.1 Å². The van der Waals surface area contributed by atoms with Crippen molar-refractivity contribution in [2.45, 2.75) is 31.7 Å². The summed E-state index contributed by atoms with van der Waals surface area (Å²) in [6.45, 7) is 1.51. The zero-order valence-electron chi connectivity index (χ0n) is 15.8. The SMILES string of the molecule is O=C(CCc1nc(-c2ncccn2)no1)N[C@@H]1CCCN(c2cccc(F)c2)C1. The largest absolute Gasteiger partial charge is 0.369 e. The molecule has 1 atom stereocenters. The highest BCUT2D eigenvalue weighted by Crippen LogP contribution is 2.21. The van der Waals surface area contributed by atoms with E-state index in [-0.39, 0.29) is 24.2 Å². The van der Waals surface area contributed by atoms with Gasteiger partial charge in [-0.05, 0) is 37.1 Å². The molecule has 1 saturated heterocycles. The fourth-order valence-corrected chi connectivity index (χ4v) is 3.38. The van der Waals surface area contributed by atoms with E-state index in [4.69, 9.17) is 4.52 Å². The second-order valence-electron chi connectivity index (χ2n) is 6.92. The Morgan fingerprint density at radius 3 is 2.93 bits per heavy atom. The van der Waals surface area contributed by atoms with Crippen molar-refractivity contribution >= 4 is 11.6 Å². The molecule has 1 aromatic carbocycles. The van der Waals surface area contributed by atoms with Crippen LogP contribution >= 0.6 is 0 Å². The first-order valence-electron chi connectivity index (χ1n) is 9.57. The Labute approximate surface area is 167 Å². The van der Waals surface area contributed by atoms with Gasteiger partial charge in [-0.2, -0.15) is 4.98 Å². The number of piperidine rings is 1. The van der Waals surface area contributed by atoms with Gasteiger partial charge in [0.1, 0.15) is 5.82 Å². The first-order valence-corrected chi connectivity index (χ1v) is 9.57. The van der Waals surface area contributed by atoms with Gasteiger partial charge in [-0.15, -0.1) is 0 Å². The summed E-state index contributed by atoms with van der Waals surface area (Å²) in [6, 6.07) is 8.27. The predicted molar refractivity (Wildman–Crippen MR) is 103 cm³/mol. The number of nitrogens with one attached hydrogen (secondary N) is 1. The van der Waals surface area contributed by atoms with Crippen LogP contribution < -0.4 is 10.2 Å². The van der Waals surface area contributed by atoms with Gasteiger partial charge in [0.2, 0.25) is 23.4 Å². The molecule has 3 heterocycles. The van der Waals surface area contributed by atoms with Crippen LogP contribution in [-0.2, 0) is 11.2 Å². The van der Waals surface area contributed by atoms with Crippen LogP contribution in [0.4, 0.5) is 10.1 Å². The van der Waals surface area contributed by atoms with Crippen molar-refractivity contribution in [1.82, 2.24) is 25.4 Å². The van der Waals surface area contributed by atoms with Crippen LogP contribution in [0.2, 0.25) is 0 Å². The molecule has 2 aromatic heterocycles. The van der Waals surface area contributed by atoms with Crippen molar-refractivity contribution in [3.63, 3.8) is 0 Å². The maximum atomic E-state index is 13.5. The molecule has 8 nitrogen and oxygen atoms in total. The molecule has 1 N–H and O–H groups in total. The molecule has 4 rings (SSSR count). The Hall–Kier alpha value is -3.36. The van der Waals surface area contributed by atoms with Gasteiger partial charge in [0, 0.05) is 50.1 Å². The molecule has 29 heavy (non-hydrogen) atoms. The third-order valence-corrected chi connectivity index (χ3v) is 4.76. The van der Waals surface area contributed by atoms with E-state index in [1.54, 1.807) is 24.5 Å². The van der Waals surface area contributed by atoms with Gasteiger partial charge in [0.05, 0.1) is 0 Å². The molecule has 0 saturated carbocycles. The highest BCUT2D eigenvalue weighted by molar-refractivity contribution is 5.76. The Morgan fingerprint density at radius 2 is 2.10 bits per heavy atom. The number of carbonyl (C=O) groups excluding carboxylic acids is 1. The third kappa shape index (κ3) is 4.92. The number of halogens is 1. The molecule has 1 fully saturated rings. The van der Waals surface area contributed by atoms with Gasteiger partial charge in [-0.25, -0.2) is 14.4 Å². The fourth-order valence-electron chi connectivity index (χ4n) is 3.38. The average Bonchev–Trinajstić information content (AvgIpc) is 3.22. The lowest BCUT2D eigenvalue weighted by atomic mass is 10.0. The lowest BCUT2D eigenvalue weighted by Crippen LogP contribution is -2.47. The molecule has 0 unspecified atom stereocenters. The monoisotopic (exact) mass is 396 g/mol. The number of amides is 1. The number of hydrogen-bond acceptors (Lipinski definition) is 7. The van der Waals surface area contributed by atoms with E-state index < -0.39 is 0 Å². The maximum Gasteiger partial charge on any atom is 0.240 e. The second kappa shape index (κ2) is 8.76. The second-order valence-corrected chi connectivity index (χ2v) is 6.92. The summed E-state index contributed by atoms with van der Waals surface area (Å²) in [4.78, 5) is 26.8. The number of anilines is 1. The van der Waals surface area contributed by atoms with E-state index in [1.165, 1.54) is 12.1 Å². The zero-order valence-corrected chi connectivity index (χ0v) is 15.8. The van der Waals surface area contributed by atoms with E-state index in [0.29, 0.717) is 30.5 Å². The van der Waals surface area contributed by atoms with Crippen molar-refractivity contribution in [3.05, 3.63) is 54.4 Å². The molecule has 0 aliphatic carbocycles. The predicted octanol–water partition coefficient (Wildman–Crippen LogP) is 2.38. The number of aryl methyl sites for hydroxylation is 1. The van der Waals surface area contributed by atoms with Crippen molar-refractivity contribution in [2.24, 2.45) is 0 Å². The standard InChI is InChI=1S/C20H21FN6O2/c21-14-4-1-6-16(12-14)27-11-2-5-15(13-27)24-17(28)7-8-18-25-20(26-29-18)19-22-9-3-10-23-19/h1,3-4,6,9-10,12,15H,2,5,7-8,11,13H2,(H,24,28)/t15-/m1/s1. The Kier molecular flexibility index (Phi) is 5.73. The minimum absolute atomic E-state index is 0.0236. The first-order chi connectivity index (χ1) is 14.2. The number of nitrogens with zero attached hydrogens (tertiary/aromatic N) is 5. The van der Waals surface area contributed by atoms with Crippen molar-refractivity contribution < 1.29 is 13.7 Å². The van der Waals surface area contributed by atoms with Crippen LogP contribution in [0.25, 0.3) is 11.6 Å². The average molecular weight is 396 g/mol. The van der Waals surface area contributed by atoms with Gasteiger partial charge in [-0.1, -0.05) is 11.2 Å². The number of benzene rings is 1. The smallest absolute Gasteiger partial charge is 0.240 e. The highest BCUT2D eigenvalue weighted by atomic mass is 19.1. The van der Waals surface area contributed by atoms with E-state index in [1.807, 2.05) is 6.07 Å². The van der Waals surface area contributed by atoms with Gasteiger partial charge in [0.15, 0.2) is 0 Å². The number of carbonyl (C=O) groups is 1. The molecule has 3 aromatic rings. The van der Waals surface area contributed by atoms with Gasteiger partial charge in [-0.3, -0.25) is 4.79 Å². The summed E-state index contributed by atoms with van der Waals surface area (Å²) in [6.07, 6.45) is 5.62. The molecule has 150 valence electrons. The number of aromatic nitrogens is 4. The number of hydrogen-bond donors (Lipinski definition) is 1. The lowest BCUT2D eigenvalue weighted by molar-refractivity contribution is -0.121. The van der Waals surface area contributed by atoms with Crippen molar-refractivity contribution in [1.29, 1.82) is 0 Å². The molecule has 1 aliphatic heterocycles. The van der Waals surface area contributed by atoms with Crippen molar-refractivity contribution in [3.8, 4) is 11.6 Å². The topological polar surface area (TPSA) is 97.0 Å². The normalized spacial score (nSPS) is 16.6. The fraction of sp³-hybridized carbons (Fsp3) is 0.350. The van der Waals surface area contributed by atoms with Crippen LogP contribution in [0.15, 0.2) is 47.2 Å². The Morgan fingerprint density at radius 1 is 1.24 bits per heavy atom. The van der Waals surface area contributed by atoms with Crippen LogP contribution in [0.3, 0.4) is 0 Å². The van der Waals surface area contributed by atoms with Crippen LogP contribution in [-0.4, -0.2) is 45.1 Å². The summed E-state index contributed by atoms with van der Waals surface area (Å²) in [5.74, 6) is 0.721. The van der Waals surface area contributed by atoms with Gasteiger partial charge < -0.3 is 14.7 Å². The van der Waals surface area contributed by atoms with Gasteiger partial charge in [0.25, 0.3) is 0 Å². The molecule has 9 heteroatoms. The summed E-state index contributed by atoms with van der Waals surface area (Å²) in [7, 11) is 0. The van der Waals surface area contributed by atoms with E-state index in [9.17, 15) is 9.18 Å².